The Hall–Kier alpha value is -2.59. The zero-order valence-electron chi connectivity index (χ0n) is 12.9. The van der Waals surface area contributed by atoms with Crippen molar-refractivity contribution >= 4 is 27.6 Å². The van der Waals surface area contributed by atoms with Crippen LogP contribution >= 0.6 is 15.9 Å². The molecule has 3 aromatic rings. The number of rotatable bonds is 4. The van der Waals surface area contributed by atoms with Gasteiger partial charge in [0.1, 0.15) is 0 Å². The smallest absolute Gasteiger partial charge is 0.319 e. The minimum absolute atomic E-state index is 0.209. The fourth-order valence-electron chi connectivity index (χ4n) is 2.51. The van der Waals surface area contributed by atoms with Crippen LogP contribution in [0.5, 0.6) is 0 Å². The molecule has 0 saturated heterocycles. The molecule has 0 fully saturated rings. The lowest BCUT2D eigenvalue weighted by Crippen LogP contribution is -2.33. The van der Waals surface area contributed by atoms with Gasteiger partial charge in [-0.1, -0.05) is 82.7 Å². The molecule has 0 aliphatic rings. The second-order valence-corrected chi connectivity index (χ2v) is 6.28. The van der Waals surface area contributed by atoms with Crippen LogP contribution in [0.2, 0.25) is 0 Å². The first-order valence-corrected chi connectivity index (χ1v) is 8.44. The fourth-order valence-corrected chi connectivity index (χ4v) is 2.91. The molecule has 0 unspecified atom stereocenters. The van der Waals surface area contributed by atoms with E-state index >= 15 is 0 Å². The highest BCUT2D eigenvalue weighted by Crippen LogP contribution is 2.22. The molecular weight excluding hydrogens is 364 g/mol. The molecule has 0 heterocycles. The van der Waals surface area contributed by atoms with Gasteiger partial charge >= 0.3 is 6.03 Å². The lowest BCUT2D eigenvalue weighted by Gasteiger charge is -2.20. The molecule has 3 aromatic carbocycles. The number of urea groups is 1. The number of amides is 2. The summed E-state index contributed by atoms with van der Waals surface area (Å²) < 4.78 is 0.919. The Morgan fingerprint density at radius 3 is 1.92 bits per heavy atom. The van der Waals surface area contributed by atoms with Crippen molar-refractivity contribution in [2.75, 3.05) is 5.32 Å². The van der Waals surface area contributed by atoms with Gasteiger partial charge in [0.2, 0.25) is 0 Å². The van der Waals surface area contributed by atoms with Crippen LogP contribution < -0.4 is 10.6 Å². The molecule has 0 radical (unpaired) electrons. The molecule has 0 spiro atoms. The predicted octanol–water partition coefficient (Wildman–Crippen LogP) is 5.36. The molecule has 0 bridgehead atoms. The van der Waals surface area contributed by atoms with Gasteiger partial charge in [-0.15, -0.1) is 0 Å². The van der Waals surface area contributed by atoms with Crippen LogP contribution in [0, 0.1) is 0 Å². The van der Waals surface area contributed by atoms with E-state index in [1.165, 1.54) is 0 Å². The van der Waals surface area contributed by atoms with Gasteiger partial charge in [0.05, 0.1) is 6.04 Å². The molecule has 0 aliphatic carbocycles. The molecule has 2 N–H and O–H groups in total. The highest BCUT2D eigenvalue weighted by molar-refractivity contribution is 9.10. The van der Waals surface area contributed by atoms with Crippen molar-refractivity contribution in [3.8, 4) is 0 Å². The van der Waals surface area contributed by atoms with Crippen LogP contribution in [-0.4, -0.2) is 6.03 Å². The molecule has 0 atom stereocenters. The average molecular weight is 381 g/mol. The molecule has 4 heteroatoms. The Bertz CT molecular complexity index is 767. The van der Waals surface area contributed by atoms with E-state index in [9.17, 15) is 4.79 Å². The van der Waals surface area contributed by atoms with E-state index in [-0.39, 0.29) is 12.1 Å². The number of benzene rings is 3. The quantitative estimate of drug-likeness (QED) is 0.628. The van der Waals surface area contributed by atoms with Crippen LogP contribution in [0.3, 0.4) is 0 Å². The Morgan fingerprint density at radius 1 is 0.792 bits per heavy atom. The van der Waals surface area contributed by atoms with Crippen molar-refractivity contribution in [3.63, 3.8) is 0 Å². The van der Waals surface area contributed by atoms with E-state index in [1.807, 2.05) is 84.9 Å². The first kappa shape index (κ1) is 16.3. The van der Waals surface area contributed by atoms with E-state index in [2.05, 4.69) is 26.6 Å². The molecule has 3 rings (SSSR count). The van der Waals surface area contributed by atoms with Crippen molar-refractivity contribution in [1.29, 1.82) is 0 Å². The second-order valence-electron chi connectivity index (χ2n) is 5.36. The third-order valence-electron chi connectivity index (χ3n) is 3.62. The first-order valence-electron chi connectivity index (χ1n) is 7.65. The van der Waals surface area contributed by atoms with Gasteiger partial charge in [-0.2, -0.15) is 0 Å². The maximum atomic E-state index is 12.4. The molecule has 24 heavy (non-hydrogen) atoms. The van der Waals surface area contributed by atoms with E-state index < -0.39 is 0 Å². The van der Waals surface area contributed by atoms with Gasteiger partial charge in [0.15, 0.2) is 0 Å². The SMILES string of the molecule is O=C(Nc1cccc(Br)c1)NC(c1ccccc1)c1ccccc1. The molecule has 3 nitrogen and oxygen atoms in total. The molecule has 0 saturated carbocycles. The van der Waals surface area contributed by atoms with Crippen molar-refractivity contribution in [1.82, 2.24) is 5.32 Å². The van der Waals surface area contributed by atoms with Gasteiger partial charge < -0.3 is 10.6 Å². The second kappa shape index (κ2) is 7.79. The third kappa shape index (κ3) is 4.24. The van der Waals surface area contributed by atoms with Crippen molar-refractivity contribution in [2.24, 2.45) is 0 Å². The van der Waals surface area contributed by atoms with Gasteiger partial charge in [0.25, 0.3) is 0 Å². The Labute approximate surface area is 149 Å². The normalized spacial score (nSPS) is 10.4. The number of anilines is 1. The maximum Gasteiger partial charge on any atom is 0.319 e. The zero-order chi connectivity index (χ0) is 16.8. The summed E-state index contributed by atoms with van der Waals surface area (Å²) in [5, 5.41) is 5.92. The van der Waals surface area contributed by atoms with E-state index in [1.54, 1.807) is 0 Å². The summed E-state index contributed by atoms with van der Waals surface area (Å²) in [5.74, 6) is 0. The predicted molar refractivity (Wildman–Crippen MR) is 101 cm³/mol. The standard InChI is InChI=1S/C20H17BrN2O/c21-17-12-7-13-18(14-17)22-20(24)23-19(15-8-3-1-4-9-15)16-10-5-2-6-11-16/h1-14,19H,(H2,22,23,24). The van der Waals surface area contributed by atoms with Crippen molar-refractivity contribution in [3.05, 3.63) is 101 Å². The molecule has 0 aliphatic heterocycles. The number of carbonyl (C=O) groups is 1. The van der Waals surface area contributed by atoms with Crippen molar-refractivity contribution < 1.29 is 4.79 Å². The average Bonchev–Trinajstić information content (AvgIpc) is 2.61. The summed E-state index contributed by atoms with van der Waals surface area (Å²) in [6.45, 7) is 0. The highest BCUT2D eigenvalue weighted by Gasteiger charge is 2.16. The molecular formula is C20H17BrN2O. The highest BCUT2D eigenvalue weighted by atomic mass is 79.9. The largest absolute Gasteiger partial charge is 0.327 e. The zero-order valence-corrected chi connectivity index (χ0v) is 14.5. The van der Waals surface area contributed by atoms with Crippen molar-refractivity contribution in [2.45, 2.75) is 6.04 Å². The molecule has 0 aromatic heterocycles. The topological polar surface area (TPSA) is 41.1 Å². The summed E-state index contributed by atoms with van der Waals surface area (Å²) >= 11 is 3.40. The number of halogens is 1. The Balaban J connectivity index is 1.80. The minimum atomic E-state index is -0.245. The van der Waals surface area contributed by atoms with Gasteiger partial charge in [-0.25, -0.2) is 4.79 Å². The Kier molecular flexibility index (Phi) is 5.29. The van der Waals surface area contributed by atoms with Crippen LogP contribution in [0.4, 0.5) is 10.5 Å². The van der Waals surface area contributed by atoms with E-state index in [0.717, 1.165) is 21.3 Å². The summed E-state index contributed by atoms with van der Waals surface area (Å²) in [7, 11) is 0. The first-order chi connectivity index (χ1) is 11.7. The number of carbonyl (C=O) groups excluding carboxylic acids is 1. The summed E-state index contributed by atoms with van der Waals surface area (Å²) in [5.41, 5.74) is 2.81. The van der Waals surface area contributed by atoms with Crippen LogP contribution in [0.1, 0.15) is 17.2 Å². The maximum absolute atomic E-state index is 12.4. The summed E-state index contributed by atoms with van der Waals surface area (Å²) in [6.07, 6.45) is 0. The minimum Gasteiger partial charge on any atom is -0.327 e. The lowest BCUT2D eigenvalue weighted by molar-refractivity contribution is 0.250. The summed E-state index contributed by atoms with van der Waals surface area (Å²) in [6, 6.07) is 26.9. The van der Waals surface area contributed by atoms with Gasteiger partial charge in [0, 0.05) is 10.2 Å². The summed E-state index contributed by atoms with van der Waals surface area (Å²) in [4.78, 5) is 12.4. The molecule has 120 valence electrons. The van der Waals surface area contributed by atoms with E-state index in [4.69, 9.17) is 0 Å². The van der Waals surface area contributed by atoms with Crippen LogP contribution in [-0.2, 0) is 0 Å². The van der Waals surface area contributed by atoms with E-state index in [0.29, 0.717) is 0 Å². The van der Waals surface area contributed by atoms with Crippen LogP contribution in [0.25, 0.3) is 0 Å². The third-order valence-corrected chi connectivity index (χ3v) is 4.12. The van der Waals surface area contributed by atoms with Gasteiger partial charge in [-0.3, -0.25) is 0 Å². The number of nitrogens with one attached hydrogen (secondary N) is 2. The molecule has 2 amide bonds. The fraction of sp³-hybridized carbons (Fsp3) is 0.0500. The monoisotopic (exact) mass is 380 g/mol. The number of hydrogen-bond donors (Lipinski definition) is 2. The lowest BCUT2D eigenvalue weighted by atomic mass is 9.99. The number of hydrogen-bond acceptors (Lipinski definition) is 1. The van der Waals surface area contributed by atoms with Gasteiger partial charge in [-0.05, 0) is 29.3 Å². The Morgan fingerprint density at radius 2 is 1.38 bits per heavy atom. The van der Waals surface area contributed by atoms with Crippen LogP contribution in [0.15, 0.2) is 89.4 Å².